The Bertz CT molecular complexity index is 778. The molecule has 130 valence electrons. The van der Waals surface area contributed by atoms with E-state index >= 15 is 0 Å². The molecule has 3 aromatic rings. The standard InChI is InChI=1S/C17H20O.C6H6O/c1-4-13-9-8-12-15(18)16(13)17(2,3)14-10-6-5-7-11-14;7-6-4-2-1-3-5-6/h5-12,18H,4H2,1-3H3;1-5,7H. The fourth-order valence-electron chi connectivity index (χ4n) is 3.03. The first-order chi connectivity index (χ1) is 12.0. The Morgan fingerprint density at radius 2 is 1.28 bits per heavy atom. The second kappa shape index (κ2) is 8.39. The highest BCUT2D eigenvalue weighted by atomic mass is 16.3. The van der Waals surface area contributed by atoms with Crippen LogP contribution >= 0.6 is 0 Å². The van der Waals surface area contributed by atoms with Crippen molar-refractivity contribution >= 4 is 0 Å². The fourth-order valence-corrected chi connectivity index (χ4v) is 3.03. The van der Waals surface area contributed by atoms with E-state index in [0.717, 1.165) is 12.0 Å². The maximum atomic E-state index is 10.2. The van der Waals surface area contributed by atoms with Gasteiger partial charge in [0.05, 0.1) is 0 Å². The van der Waals surface area contributed by atoms with Crippen molar-refractivity contribution in [3.63, 3.8) is 0 Å². The number of hydrogen-bond donors (Lipinski definition) is 2. The minimum atomic E-state index is -0.183. The summed E-state index contributed by atoms with van der Waals surface area (Å²) < 4.78 is 0. The van der Waals surface area contributed by atoms with Gasteiger partial charge in [-0.3, -0.25) is 0 Å². The van der Waals surface area contributed by atoms with Crippen LogP contribution in [0.2, 0.25) is 0 Å². The Balaban J connectivity index is 0.000000269. The summed E-state index contributed by atoms with van der Waals surface area (Å²) in [5.74, 6) is 0.714. The molecular formula is C23H26O2. The van der Waals surface area contributed by atoms with Gasteiger partial charge in [0, 0.05) is 11.0 Å². The van der Waals surface area contributed by atoms with Crippen molar-refractivity contribution in [3.05, 3.63) is 95.6 Å². The molecule has 0 aliphatic carbocycles. The fraction of sp³-hybridized carbons (Fsp3) is 0.217. The van der Waals surface area contributed by atoms with E-state index in [1.807, 2.05) is 30.3 Å². The predicted molar refractivity (Wildman–Crippen MR) is 104 cm³/mol. The third kappa shape index (κ3) is 4.63. The second-order valence-electron chi connectivity index (χ2n) is 6.49. The third-order valence-electron chi connectivity index (χ3n) is 4.39. The molecule has 0 saturated carbocycles. The van der Waals surface area contributed by atoms with Crippen LogP contribution in [-0.2, 0) is 11.8 Å². The van der Waals surface area contributed by atoms with E-state index in [-0.39, 0.29) is 5.41 Å². The first-order valence-electron chi connectivity index (χ1n) is 8.57. The lowest BCUT2D eigenvalue weighted by Gasteiger charge is -2.29. The van der Waals surface area contributed by atoms with Gasteiger partial charge in [-0.2, -0.15) is 0 Å². The number of aromatic hydroxyl groups is 2. The summed E-state index contributed by atoms with van der Waals surface area (Å²) in [6.07, 6.45) is 0.931. The average molecular weight is 334 g/mol. The molecule has 25 heavy (non-hydrogen) atoms. The summed E-state index contributed by atoms with van der Waals surface area (Å²) in [6.45, 7) is 6.45. The van der Waals surface area contributed by atoms with E-state index in [9.17, 15) is 5.11 Å². The lowest BCUT2D eigenvalue weighted by atomic mass is 9.75. The molecule has 0 saturated heterocycles. The van der Waals surface area contributed by atoms with Gasteiger partial charge in [-0.05, 0) is 35.7 Å². The molecule has 2 N–H and O–H groups in total. The van der Waals surface area contributed by atoms with Crippen LogP contribution in [0.25, 0.3) is 0 Å². The summed E-state index contributed by atoms with van der Waals surface area (Å²) in [5, 5.41) is 18.9. The molecule has 0 fully saturated rings. The maximum absolute atomic E-state index is 10.2. The third-order valence-corrected chi connectivity index (χ3v) is 4.39. The van der Waals surface area contributed by atoms with E-state index < -0.39 is 0 Å². The van der Waals surface area contributed by atoms with Gasteiger partial charge in [0.2, 0.25) is 0 Å². The van der Waals surface area contributed by atoms with Crippen molar-refractivity contribution in [1.82, 2.24) is 0 Å². The molecule has 3 rings (SSSR count). The number of phenols is 2. The largest absolute Gasteiger partial charge is 0.508 e. The van der Waals surface area contributed by atoms with Crippen LogP contribution in [0.4, 0.5) is 0 Å². The quantitative estimate of drug-likeness (QED) is 0.647. The highest BCUT2D eigenvalue weighted by molar-refractivity contribution is 5.49. The van der Waals surface area contributed by atoms with Crippen molar-refractivity contribution in [1.29, 1.82) is 0 Å². The summed E-state index contributed by atoms with van der Waals surface area (Å²) in [7, 11) is 0. The number of phenolic OH excluding ortho intramolecular Hbond substituents is 2. The summed E-state index contributed by atoms with van der Waals surface area (Å²) >= 11 is 0. The molecule has 0 aromatic heterocycles. The minimum absolute atomic E-state index is 0.183. The van der Waals surface area contributed by atoms with E-state index in [4.69, 9.17) is 5.11 Å². The van der Waals surface area contributed by atoms with Gasteiger partial charge in [0.15, 0.2) is 0 Å². The average Bonchev–Trinajstić information content (AvgIpc) is 2.63. The van der Waals surface area contributed by atoms with Gasteiger partial charge >= 0.3 is 0 Å². The number of hydrogen-bond acceptors (Lipinski definition) is 2. The molecular weight excluding hydrogens is 308 g/mol. The zero-order chi connectivity index (χ0) is 18.3. The Morgan fingerprint density at radius 3 is 1.76 bits per heavy atom. The summed E-state index contributed by atoms with van der Waals surface area (Å²) in [4.78, 5) is 0. The number of aryl methyl sites for hydroxylation is 1. The normalized spacial score (nSPS) is 10.7. The Kier molecular flexibility index (Phi) is 6.24. The highest BCUT2D eigenvalue weighted by Gasteiger charge is 2.28. The second-order valence-corrected chi connectivity index (χ2v) is 6.49. The SMILES string of the molecule is CCc1cccc(O)c1C(C)(C)c1ccccc1.Oc1ccccc1. The van der Waals surface area contributed by atoms with Crippen LogP contribution < -0.4 is 0 Å². The van der Waals surface area contributed by atoms with Crippen LogP contribution in [0.5, 0.6) is 11.5 Å². The first-order valence-corrected chi connectivity index (χ1v) is 8.57. The molecule has 0 heterocycles. The molecule has 0 bridgehead atoms. The Hall–Kier alpha value is -2.74. The highest BCUT2D eigenvalue weighted by Crippen LogP contribution is 2.39. The van der Waals surface area contributed by atoms with Gasteiger partial charge in [-0.15, -0.1) is 0 Å². The zero-order valence-electron chi connectivity index (χ0n) is 15.1. The molecule has 0 unspecified atom stereocenters. The molecule has 0 spiro atoms. The van der Waals surface area contributed by atoms with Gasteiger partial charge in [0.1, 0.15) is 11.5 Å². The first kappa shape index (κ1) is 18.6. The van der Waals surface area contributed by atoms with Crippen molar-refractivity contribution in [3.8, 4) is 11.5 Å². The molecule has 2 nitrogen and oxygen atoms in total. The molecule has 0 atom stereocenters. The maximum Gasteiger partial charge on any atom is 0.119 e. The number of para-hydroxylation sites is 1. The van der Waals surface area contributed by atoms with Crippen LogP contribution in [0.3, 0.4) is 0 Å². The van der Waals surface area contributed by atoms with Gasteiger partial charge in [-0.1, -0.05) is 81.4 Å². The van der Waals surface area contributed by atoms with Crippen molar-refractivity contribution in [2.24, 2.45) is 0 Å². The van der Waals surface area contributed by atoms with Crippen molar-refractivity contribution in [2.75, 3.05) is 0 Å². The van der Waals surface area contributed by atoms with Crippen molar-refractivity contribution < 1.29 is 10.2 Å². The Morgan fingerprint density at radius 1 is 0.720 bits per heavy atom. The predicted octanol–water partition coefficient (Wildman–Crippen LogP) is 5.67. The molecule has 3 aromatic carbocycles. The number of rotatable bonds is 3. The van der Waals surface area contributed by atoms with E-state index in [1.54, 1.807) is 30.3 Å². The van der Waals surface area contributed by atoms with E-state index in [0.29, 0.717) is 11.5 Å². The Labute approximate surface area is 150 Å². The topological polar surface area (TPSA) is 40.5 Å². The van der Waals surface area contributed by atoms with Crippen molar-refractivity contribution in [2.45, 2.75) is 32.6 Å². The van der Waals surface area contributed by atoms with Crippen LogP contribution in [-0.4, -0.2) is 10.2 Å². The van der Waals surface area contributed by atoms with E-state index in [1.165, 1.54) is 11.1 Å². The molecule has 2 heteroatoms. The molecule has 0 aliphatic rings. The van der Waals surface area contributed by atoms with Gasteiger partial charge in [-0.25, -0.2) is 0 Å². The molecule has 0 radical (unpaired) electrons. The number of benzene rings is 3. The smallest absolute Gasteiger partial charge is 0.119 e. The minimum Gasteiger partial charge on any atom is -0.508 e. The van der Waals surface area contributed by atoms with Crippen LogP contribution in [0.15, 0.2) is 78.9 Å². The van der Waals surface area contributed by atoms with Gasteiger partial charge in [0.25, 0.3) is 0 Å². The zero-order valence-corrected chi connectivity index (χ0v) is 15.1. The monoisotopic (exact) mass is 334 g/mol. The van der Waals surface area contributed by atoms with Crippen LogP contribution in [0, 0.1) is 0 Å². The van der Waals surface area contributed by atoms with Crippen LogP contribution in [0.1, 0.15) is 37.5 Å². The van der Waals surface area contributed by atoms with Gasteiger partial charge < -0.3 is 10.2 Å². The molecule has 0 aliphatic heterocycles. The summed E-state index contributed by atoms with van der Waals surface area (Å²) in [6, 6.07) is 24.8. The van der Waals surface area contributed by atoms with E-state index in [2.05, 4.69) is 39.0 Å². The summed E-state index contributed by atoms with van der Waals surface area (Å²) in [5.41, 5.74) is 3.29. The molecule has 0 amide bonds. The lowest BCUT2D eigenvalue weighted by molar-refractivity contribution is 0.451. The lowest BCUT2D eigenvalue weighted by Crippen LogP contribution is -2.21.